The van der Waals surface area contributed by atoms with E-state index >= 15 is 0 Å². The Balaban J connectivity index is 1.38. The molecule has 1 saturated carbocycles. The standard InChI is InChI=1S/C16H19FN2O3/c17-12-2-1-3-14(9-12)22-7-6-18-16(21)11-8-15(20)19(10-11)13-4-5-13/h1-3,9,11,13H,4-8,10H2,(H,18,21)/t11-/m1/s1. The fourth-order valence-electron chi connectivity index (χ4n) is 2.69. The lowest BCUT2D eigenvalue weighted by Crippen LogP contribution is -2.35. The number of hydrogen-bond donors (Lipinski definition) is 1. The predicted molar refractivity (Wildman–Crippen MR) is 77.7 cm³/mol. The molecule has 1 aliphatic carbocycles. The minimum Gasteiger partial charge on any atom is -0.492 e. The summed E-state index contributed by atoms with van der Waals surface area (Å²) in [5.41, 5.74) is 0. The number of amides is 2. The van der Waals surface area contributed by atoms with E-state index in [1.54, 1.807) is 12.1 Å². The van der Waals surface area contributed by atoms with Crippen molar-refractivity contribution in [1.29, 1.82) is 0 Å². The molecule has 1 aliphatic heterocycles. The van der Waals surface area contributed by atoms with E-state index in [9.17, 15) is 14.0 Å². The maximum absolute atomic E-state index is 13.0. The number of carbonyl (C=O) groups excluding carboxylic acids is 2. The first kappa shape index (κ1) is 14.8. The fraction of sp³-hybridized carbons (Fsp3) is 0.500. The van der Waals surface area contributed by atoms with E-state index in [1.807, 2.05) is 4.90 Å². The van der Waals surface area contributed by atoms with Crippen molar-refractivity contribution in [3.05, 3.63) is 30.1 Å². The first-order valence-corrected chi connectivity index (χ1v) is 7.59. The Bertz CT molecular complexity index is 574. The maximum Gasteiger partial charge on any atom is 0.225 e. The van der Waals surface area contributed by atoms with Crippen molar-refractivity contribution in [1.82, 2.24) is 10.2 Å². The van der Waals surface area contributed by atoms with Crippen molar-refractivity contribution in [2.24, 2.45) is 5.92 Å². The number of ether oxygens (including phenoxy) is 1. The Morgan fingerprint density at radius 3 is 2.95 bits per heavy atom. The molecule has 5 nitrogen and oxygen atoms in total. The first-order valence-electron chi connectivity index (χ1n) is 7.59. The molecular formula is C16H19FN2O3. The van der Waals surface area contributed by atoms with Gasteiger partial charge in [-0.15, -0.1) is 0 Å². The van der Waals surface area contributed by atoms with Gasteiger partial charge in [0.1, 0.15) is 18.2 Å². The summed E-state index contributed by atoms with van der Waals surface area (Å²) in [4.78, 5) is 25.7. The summed E-state index contributed by atoms with van der Waals surface area (Å²) in [6, 6.07) is 6.23. The Kier molecular flexibility index (Phi) is 4.27. The van der Waals surface area contributed by atoms with Crippen LogP contribution in [0.4, 0.5) is 4.39 Å². The zero-order valence-electron chi connectivity index (χ0n) is 12.3. The molecule has 1 N–H and O–H groups in total. The first-order chi connectivity index (χ1) is 10.6. The number of nitrogens with zero attached hydrogens (tertiary/aromatic N) is 1. The van der Waals surface area contributed by atoms with Crippen molar-refractivity contribution in [3.8, 4) is 5.75 Å². The van der Waals surface area contributed by atoms with Gasteiger partial charge in [0, 0.05) is 25.1 Å². The summed E-state index contributed by atoms with van der Waals surface area (Å²) in [5, 5.41) is 2.77. The smallest absolute Gasteiger partial charge is 0.225 e. The molecule has 1 heterocycles. The quantitative estimate of drug-likeness (QED) is 0.807. The minimum absolute atomic E-state index is 0.0821. The van der Waals surface area contributed by atoms with Crippen LogP contribution in [-0.2, 0) is 9.59 Å². The second-order valence-electron chi connectivity index (χ2n) is 5.78. The second-order valence-corrected chi connectivity index (χ2v) is 5.78. The molecule has 1 saturated heterocycles. The van der Waals surface area contributed by atoms with E-state index in [2.05, 4.69) is 5.32 Å². The summed E-state index contributed by atoms with van der Waals surface area (Å²) in [5.74, 6) is -0.211. The number of halogens is 1. The number of likely N-dealkylation sites (tertiary alicyclic amines) is 1. The van der Waals surface area contributed by atoms with Gasteiger partial charge in [-0.2, -0.15) is 0 Å². The highest BCUT2D eigenvalue weighted by molar-refractivity contribution is 5.89. The summed E-state index contributed by atoms with van der Waals surface area (Å²) < 4.78 is 18.3. The van der Waals surface area contributed by atoms with Gasteiger partial charge in [-0.25, -0.2) is 4.39 Å². The molecule has 0 unspecified atom stereocenters. The van der Waals surface area contributed by atoms with Crippen LogP contribution in [0.2, 0.25) is 0 Å². The van der Waals surface area contributed by atoms with E-state index in [0.717, 1.165) is 12.8 Å². The van der Waals surface area contributed by atoms with Crippen molar-refractivity contribution < 1.29 is 18.7 Å². The lowest BCUT2D eigenvalue weighted by molar-refractivity contribution is -0.129. The fourth-order valence-corrected chi connectivity index (χ4v) is 2.69. The van der Waals surface area contributed by atoms with Crippen LogP contribution in [0, 0.1) is 11.7 Å². The Morgan fingerprint density at radius 1 is 1.41 bits per heavy atom. The van der Waals surface area contributed by atoms with Crippen LogP contribution in [0.5, 0.6) is 5.75 Å². The van der Waals surface area contributed by atoms with Crippen molar-refractivity contribution in [3.63, 3.8) is 0 Å². The van der Waals surface area contributed by atoms with Crippen LogP contribution in [-0.4, -0.2) is 42.5 Å². The topological polar surface area (TPSA) is 58.6 Å². The highest BCUT2D eigenvalue weighted by atomic mass is 19.1. The predicted octanol–water partition coefficient (Wildman–Crippen LogP) is 1.33. The van der Waals surface area contributed by atoms with Crippen LogP contribution in [0.15, 0.2) is 24.3 Å². The molecule has 3 rings (SSSR count). The highest BCUT2D eigenvalue weighted by Crippen LogP contribution is 2.32. The van der Waals surface area contributed by atoms with Gasteiger partial charge in [0.2, 0.25) is 11.8 Å². The van der Waals surface area contributed by atoms with Crippen molar-refractivity contribution in [2.45, 2.75) is 25.3 Å². The number of benzene rings is 1. The lowest BCUT2D eigenvalue weighted by Gasteiger charge is -2.15. The number of nitrogens with one attached hydrogen (secondary N) is 1. The number of rotatable bonds is 6. The van der Waals surface area contributed by atoms with Gasteiger partial charge in [-0.3, -0.25) is 9.59 Å². The van der Waals surface area contributed by atoms with Crippen LogP contribution in [0.3, 0.4) is 0 Å². The average molecular weight is 306 g/mol. The third-order valence-corrected chi connectivity index (χ3v) is 3.98. The van der Waals surface area contributed by atoms with Gasteiger partial charge in [-0.05, 0) is 25.0 Å². The largest absolute Gasteiger partial charge is 0.492 e. The van der Waals surface area contributed by atoms with Crippen molar-refractivity contribution >= 4 is 11.8 Å². The molecule has 22 heavy (non-hydrogen) atoms. The number of hydrogen-bond acceptors (Lipinski definition) is 3. The molecule has 1 aromatic rings. The molecule has 0 aromatic heterocycles. The molecule has 0 bridgehead atoms. The van der Waals surface area contributed by atoms with Crippen molar-refractivity contribution in [2.75, 3.05) is 19.7 Å². The molecular weight excluding hydrogens is 287 g/mol. The van der Waals surface area contributed by atoms with E-state index < -0.39 is 0 Å². The van der Waals surface area contributed by atoms with Crippen LogP contribution in [0.25, 0.3) is 0 Å². The highest BCUT2D eigenvalue weighted by Gasteiger charge is 2.41. The SMILES string of the molecule is O=C(NCCOc1cccc(F)c1)[C@@H]1CC(=O)N(C2CC2)C1. The monoisotopic (exact) mass is 306 g/mol. The third-order valence-electron chi connectivity index (χ3n) is 3.98. The lowest BCUT2D eigenvalue weighted by atomic mass is 10.1. The number of carbonyl (C=O) groups is 2. The van der Waals surface area contributed by atoms with Gasteiger partial charge < -0.3 is 15.0 Å². The Labute approximate surface area is 128 Å². The summed E-state index contributed by atoms with van der Waals surface area (Å²) in [6.45, 7) is 1.13. The van der Waals surface area contributed by atoms with Gasteiger partial charge in [0.15, 0.2) is 0 Å². The second kappa shape index (κ2) is 6.34. The van der Waals surface area contributed by atoms with Crippen LogP contribution in [0.1, 0.15) is 19.3 Å². The van der Waals surface area contributed by atoms with E-state index in [0.29, 0.717) is 31.3 Å². The molecule has 0 radical (unpaired) electrons. The minimum atomic E-state index is -0.355. The van der Waals surface area contributed by atoms with Gasteiger partial charge >= 0.3 is 0 Å². The summed E-state index contributed by atoms with van der Waals surface area (Å²) in [7, 11) is 0. The van der Waals surface area contributed by atoms with Gasteiger partial charge in [0.05, 0.1) is 12.5 Å². The van der Waals surface area contributed by atoms with E-state index in [-0.39, 0.29) is 30.2 Å². The molecule has 2 aliphatic rings. The Hall–Kier alpha value is -2.11. The average Bonchev–Trinajstić information content (AvgIpc) is 3.26. The molecule has 1 atom stereocenters. The van der Waals surface area contributed by atoms with Crippen LogP contribution < -0.4 is 10.1 Å². The van der Waals surface area contributed by atoms with E-state index in [1.165, 1.54) is 12.1 Å². The summed E-state index contributed by atoms with van der Waals surface area (Å²) >= 11 is 0. The molecule has 0 spiro atoms. The molecule has 118 valence electrons. The van der Waals surface area contributed by atoms with Gasteiger partial charge in [0.25, 0.3) is 0 Å². The molecule has 2 amide bonds. The zero-order chi connectivity index (χ0) is 15.5. The zero-order valence-corrected chi connectivity index (χ0v) is 12.3. The molecule has 2 fully saturated rings. The van der Waals surface area contributed by atoms with Crippen LogP contribution >= 0.6 is 0 Å². The summed E-state index contributed by atoms with van der Waals surface area (Å²) in [6.07, 6.45) is 2.41. The van der Waals surface area contributed by atoms with Gasteiger partial charge in [-0.1, -0.05) is 6.07 Å². The Morgan fingerprint density at radius 2 is 2.23 bits per heavy atom. The molecule has 1 aromatic carbocycles. The maximum atomic E-state index is 13.0. The van der Waals surface area contributed by atoms with E-state index in [4.69, 9.17) is 4.74 Å². The normalized spacial score (nSPS) is 21.0. The molecule has 6 heteroatoms. The third kappa shape index (κ3) is 3.55.